The van der Waals surface area contributed by atoms with E-state index in [4.69, 9.17) is 16.6 Å². The minimum absolute atomic E-state index is 0.0326. The third kappa shape index (κ3) is 3.93. The number of aryl methyl sites for hydroxylation is 2. The molecule has 1 aliphatic heterocycles. The molecule has 27 heavy (non-hydrogen) atoms. The second kappa shape index (κ2) is 7.24. The second-order valence-corrected chi connectivity index (χ2v) is 7.79. The van der Waals surface area contributed by atoms with Crippen molar-refractivity contribution in [1.29, 1.82) is 0 Å². The number of carbonyl (C=O) groups is 1. The molecular weight excluding hydrogens is 360 g/mol. The van der Waals surface area contributed by atoms with Gasteiger partial charge in [0.05, 0.1) is 11.0 Å². The van der Waals surface area contributed by atoms with Gasteiger partial charge in [-0.2, -0.15) is 0 Å². The summed E-state index contributed by atoms with van der Waals surface area (Å²) in [6.45, 7) is 5.52. The number of benzene rings is 2. The Morgan fingerprint density at radius 2 is 1.85 bits per heavy atom. The summed E-state index contributed by atoms with van der Waals surface area (Å²) in [5.74, 6) is 1.32. The summed E-state index contributed by atoms with van der Waals surface area (Å²) in [6.07, 6.45) is 1.79. The fourth-order valence-electron chi connectivity index (χ4n) is 3.80. The number of H-pyrrole nitrogens is 1. The van der Waals surface area contributed by atoms with E-state index in [1.807, 2.05) is 49.1 Å². The summed E-state index contributed by atoms with van der Waals surface area (Å²) in [4.78, 5) is 22.6. The predicted molar refractivity (Wildman–Crippen MR) is 110 cm³/mol. The van der Waals surface area contributed by atoms with Crippen molar-refractivity contribution in [1.82, 2.24) is 14.9 Å². The Kier molecular flexibility index (Phi) is 4.79. The van der Waals surface area contributed by atoms with E-state index in [1.165, 1.54) is 0 Å². The summed E-state index contributed by atoms with van der Waals surface area (Å²) >= 11 is 6.05. The fraction of sp³-hybridized carbons (Fsp3) is 0.333. The highest BCUT2D eigenvalue weighted by molar-refractivity contribution is 6.31. The quantitative estimate of drug-likeness (QED) is 0.636. The van der Waals surface area contributed by atoms with Gasteiger partial charge in [0.25, 0.3) is 0 Å². The number of aromatic amines is 1. The molecule has 2 amide bonds. The molecular formula is C21H23ClN4O. The van der Waals surface area contributed by atoms with Gasteiger partial charge in [-0.3, -0.25) is 0 Å². The normalized spacial score (nSPS) is 15.3. The zero-order chi connectivity index (χ0) is 19.0. The molecule has 2 aromatic carbocycles. The van der Waals surface area contributed by atoms with Crippen LogP contribution in [0, 0.1) is 13.8 Å². The fourth-order valence-corrected chi connectivity index (χ4v) is 3.97. The maximum absolute atomic E-state index is 12.6. The van der Waals surface area contributed by atoms with Crippen LogP contribution < -0.4 is 5.32 Å². The molecule has 1 aliphatic rings. The van der Waals surface area contributed by atoms with Crippen LogP contribution in [0.25, 0.3) is 11.0 Å². The molecule has 1 aromatic heterocycles. The molecule has 5 nitrogen and oxygen atoms in total. The lowest BCUT2D eigenvalue weighted by atomic mass is 9.96. The van der Waals surface area contributed by atoms with E-state index in [1.54, 1.807) is 0 Å². The van der Waals surface area contributed by atoms with Gasteiger partial charge >= 0.3 is 6.03 Å². The van der Waals surface area contributed by atoms with Gasteiger partial charge in [0.2, 0.25) is 0 Å². The van der Waals surface area contributed by atoms with Crippen molar-refractivity contribution in [3.63, 3.8) is 0 Å². The number of imidazole rings is 1. The summed E-state index contributed by atoms with van der Waals surface area (Å²) in [6, 6.07) is 11.8. The van der Waals surface area contributed by atoms with E-state index in [2.05, 4.69) is 16.4 Å². The first-order valence-electron chi connectivity index (χ1n) is 9.27. The van der Waals surface area contributed by atoms with Crippen molar-refractivity contribution >= 4 is 34.4 Å². The zero-order valence-corrected chi connectivity index (χ0v) is 16.3. The van der Waals surface area contributed by atoms with Crippen LogP contribution in [0.1, 0.15) is 35.7 Å². The second-order valence-electron chi connectivity index (χ2n) is 7.35. The highest BCUT2D eigenvalue weighted by Gasteiger charge is 2.26. The number of nitrogens with one attached hydrogen (secondary N) is 2. The number of halogens is 1. The van der Waals surface area contributed by atoms with E-state index < -0.39 is 0 Å². The molecule has 0 spiro atoms. The lowest BCUT2D eigenvalue weighted by molar-refractivity contribution is 0.193. The molecule has 2 N–H and O–H groups in total. The van der Waals surface area contributed by atoms with Gasteiger partial charge in [-0.15, -0.1) is 0 Å². The number of aromatic nitrogens is 2. The Balaban J connectivity index is 1.39. The SMILES string of the molecule is Cc1cc(C)cc(NC(=O)N2CCC(c3nc4ccc(Cl)cc4[nH]3)CC2)c1. The monoisotopic (exact) mass is 382 g/mol. The average Bonchev–Trinajstić information content (AvgIpc) is 3.04. The highest BCUT2D eigenvalue weighted by atomic mass is 35.5. The third-order valence-corrected chi connectivity index (χ3v) is 5.34. The first kappa shape index (κ1) is 17.9. The standard InChI is InChI=1S/C21H23ClN4O/c1-13-9-14(2)11-17(10-13)23-21(27)26-7-5-15(6-8-26)20-24-18-4-3-16(22)12-19(18)25-20/h3-4,9-12,15H,5-8H2,1-2H3,(H,23,27)(H,24,25). The van der Waals surface area contributed by atoms with Crippen molar-refractivity contribution in [2.24, 2.45) is 0 Å². The van der Waals surface area contributed by atoms with Gasteiger partial charge in [0, 0.05) is 29.7 Å². The van der Waals surface area contributed by atoms with Crippen LogP contribution in [0.5, 0.6) is 0 Å². The molecule has 0 aliphatic carbocycles. The van der Waals surface area contributed by atoms with Crippen molar-refractivity contribution in [2.45, 2.75) is 32.6 Å². The largest absolute Gasteiger partial charge is 0.342 e. The van der Waals surface area contributed by atoms with Gasteiger partial charge in [-0.05, 0) is 68.1 Å². The van der Waals surface area contributed by atoms with Gasteiger partial charge in [0.1, 0.15) is 5.82 Å². The van der Waals surface area contributed by atoms with Crippen LogP contribution in [0.15, 0.2) is 36.4 Å². The van der Waals surface area contributed by atoms with Crippen LogP contribution in [0.2, 0.25) is 5.02 Å². The number of fused-ring (bicyclic) bond motifs is 1. The van der Waals surface area contributed by atoms with Crippen LogP contribution >= 0.6 is 11.6 Å². The minimum Gasteiger partial charge on any atom is -0.342 e. The maximum Gasteiger partial charge on any atom is 0.321 e. The Labute approximate surface area is 163 Å². The van der Waals surface area contributed by atoms with Crippen LogP contribution in [0.4, 0.5) is 10.5 Å². The Morgan fingerprint density at radius 3 is 2.56 bits per heavy atom. The Bertz CT molecular complexity index is 969. The van der Waals surface area contributed by atoms with E-state index in [0.29, 0.717) is 10.9 Å². The van der Waals surface area contributed by atoms with Gasteiger partial charge in [-0.1, -0.05) is 17.7 Å². The lowest BCUT2D eigenvalue weighted by Gasteiger charge is -2.31. The molecule has 6 heteroatoms. The lowest BCUT2D eigenvalue weighted by Crippen LogP contribution is -2.40. The molecule has 3 aromatic rings. The molecule has 0 bridgehead atoms. The first-order valence-corrected chi connectivity index (χ1v) is 9.65. The summed E-state index contributed by atoms with van der Waals surface area (Å²) < 4.78 is 0. The zero-order valence-electron chi connectivity index (χ0n) is 15.6. The van der Waals surface area contributed by atoms with Crippen LogP contribution in [-0.2, 0) is 0 Å². The summed E-state index contributed by atoms with van der Waals surface area (Å²) in [5, 5.41) is 3.73. The van der Waals surface area contributed by atoms with Crippen molar-refractivity contribution in [3.05, 3.63) is 58.4 Å². The molecule has 0 saturated carbocycles. The third-order valence-electron chi connectivity index (χ3n) is 5.10. The molecule has 0 atom stereocenters. The van der Waals surface area contributed by atoms with E-state index in [9.17, 15) is 4.79 Å². The Hall–Kier alpha value is -2.53. The van der Waals surface area contributed by atoms with Crippen molar-refractivity contribution in [2.75, 3.05) is 18.4 Å². The number of carbonyl (C=O) groups excluding carboxylic acids is 1. The van der Waals surface area contributed by atoms with Gasteiger partial charge in [-0.25, -0.2) is 9.78 Å². The molecule has 2 heterocycles. The van der Waals surface area contributed by atoms with Crippen LogP contribution in [0.3, 0.4) is 0 Å². The van der Waals surface area contributed by atoms with Crippen molar-refractivity contribution < 1.29 is 4.79 Å². The van der Waals surface area contributed by atoms with Gasteiger partial charge in [0.15, 0.2) is 0 Å². The topological polar surface area (TPSA) is 61.0 Å². The van der Waals surface area contributed by atoms with E-state index in [-0.39, 0.29) is 6.03 Å². The number of piperidine rings is 1. The predicted octanol–water partition coefficient (Wildman–Crippen LogP) is 5.24. The molecule has 4 rings (SSSR count). The highest BCUT2D eigenvalue weighted by Crippen LogP contribution is 2.29. The number of likely N-dealkylation sites (tertiary alicyclic amines) is 1. The molecule has 0 radical (unpaired) electrons. The Morgan fingerprint density at radius 1 is 1.15 bits per heavy atom. The maximum atomic E-state index is 12.6. The summed E-state index contributed by atoms with van der Waals surface area (Å²) in [5.41, 5.74) is 5.05. The minimum atomic E-state index is -0.0326. The number of hydrogen-bond donors (Lipinski definition) is 2. The van der Waals surface area contributed by atoms with Crippen LogP contribution in [-0.4, -0.2) is 34.0 Å². The molecule has 0 unspecified atom stereocenters. The van der Waals surface area contributed by atoms with Gasteiger partial charge < -0.3 is 15.2 Å². The molecule has 1 fully saturated rings. The first-order chi connectivity index (χ1) is 13.0. The van der Waals surface area contributed by atoms with E-state index in [0.717, 1.165) is 59.6 Å². The molecule has 1 saturated heterocycles. The number of nitrogens with zero attached hydrogens (tertiary/aromatic N) is 2. The number of amides is 2. The number of hydrogen-bond acceptors (Lipinski definition) is 2. The summed E-state index contributed by atoms with van der Waals surface area (Å²) in [7, 11) is 0. The molecule has 140 valence electrons. The van der Waals surface area contributed by atoms with Crippen molar-refractivity contribution in [3.8, 4) is 0 Å². The smallest absolute Gasteiger partial charge is 0.321 e. The number of urea groups is 1. The average molecular weight is 383 g/mol. The number of rotatable bonds is 2. The van der Waals surface area contributed by atoms with E-state index >= 15 is 0 Å². The number of anilines is 1.